The molecule has 7 heteroatoms. The minimum atomic E-state index is -0.578. The molecule has 2 aromatic rings. The number of rotatable bonds is 6. The molecule has 0 spiro atoms. The Morgan fingerprint density at radius 3 is 2.67 bits per heavy atom. The zero-order valence-electron chi connectivity index (χ0n) is 18.6. The minimum absolute atomic E-state index is 0.00540. The second-order valence-corrected chi connectivity index (χ2v) is 9.24. The third-order valence-corrected chi connectivity index (χ3v) is 6.58. The van der Waals surface area contributed by atoms with Crippen LogP contribution in [-0.4, -0.2) is 12.4 Å². The van der Waals surface area contributed by atoms with Gasteiger partial charge in [-0.05, 0) is 66.1 Å². The number of nitrogens with two attached hydrogens (primary N) is 1. The van der Waals surface area contributed by atoms with E-state index in [0.29, 0.717) is 55.3 Å². The second-order valence-electron chi connectivity index (χ2n) is 8.08. The van der Waals surface area contributed by atoms with Crippen LogP contribution >= 0.6 is 22.6 Å². The van der Waals surface area contributed by atoms with Crippen LogP contribution in [0.5, 0.6) is 11.5 Å². The summed E-state index contributed by atoms with van der Waals surface area (Å²) in [7, 11) is 0. The van der Waals surface area contributed by atoms with Gasteiger partial charge in [0.15, 0.2) is 17.3 Å². The first-order valence-corrected chi connectivity index (χ1v) is 12.0. The van der Waals surface area contributed by atoms with Gasteiger partial charge >= 0.3 is 0 Å². The number of hydrogen-bond donors (Lipinski definition) is 1. The van der Waals surface area contributed by atoms with Crippen LogP contribution in [0.1, 0.15) is 48.8 Å². The van der Waals surface area contributed by atoms with E-state index in [-0.39, 0.29) is 17.2 Å². The first-order chi connectivity index (χ1) is 15.9. The molecule has 0 radical (unpaired) electrons. The van der Waals surface area contributed by atoms with Gasteiger partial charge in [0.05, 0.1) is 16.1 Å². The average Bonchev–Trinajstić information content (AvgIpc) is 2.79. The molecule has 1 atom stereocenters. The van der Waals surface area contributed by atoms with Gasteiger partial charge in [-0.1, -0.05) is 29.8 Å². The molecule has 0 saturated carbocycles. The summed E-state index contributed by atoms with van der Waals surface area (Å²) >= 11 is 2.21. The SMILES string of the molecule is CCOc1cc(C2C(C#N)=C(N)OC3=C2C(=O)CCC3)cc(I)c1OCc1ccc(C)cc1. The predicted octanol–water partition coefficient (Wildman–Crippen LogP) is 5.39. The zero-order chi connectivity index (χ0) is 23.5. The van der Waals surface area contributed by atoms with Crippen molar-refractivity contribution in [1.29, 1.82) is 5.26 Å². The van der Waals surface area contributed by atoms with E-state index in [1.165, 1.54) is 5.56 Å². The van der Waals surface area contributed by atoms with Crippen molar-refractivity contribution < 1.29 is 19.0 Å². The van der Waals surface area contributed by atoms with Crippen molar-refractivity contribution in [2.24, 2.45) is 5.73 Å². The number of Topliss-reactive ketones (excluding diaryl/α,β-unsaturated/α-hetero) is 1. The number of allylic oxidation sites excluding steroid dienone is 3. The Kier molecular flexibility index (Phi) is 6.94. The summed E-state index contributed by atoms with van der Waals surface area (Å²) in [5.41, 5.74) is 9.86. The van der Waals surface area contributed by atoms with E-state index < -0.39 is 5.92 Å². The summed E-state index contributed by atoms with van der Waals surface area (Å²) in [6, 6.07) is 14.1. The fourth-order valence-electron chi connectivity index (χ4n) is 4.19. The molecule has 2 aliphatic rings. The maximum absolute atomic E-state index is 12.9. The monoisotopic (exact) mass is 556 g/mol. The van der Waals surface area contributed by atoms with Crippen LogP contribution in [0.25, 0.3) is 0 Å². The molecule has 2 aromatic carbocycles. The third kappa shape index (κ3) is 4.71. The van der Waals surface area contributed by atoms with Gasteiger partial charge in [0, 0.05) is 18.4 Å². The molecule has 1 aliphatic heterocycles. The Hall–Kier alpha value is -2.99. The highest BCUT2D eigenvalue weighted by Gasteiger charge is 2.38. The van der Waals surface area contributed by atoms with Gasteiger partial charge in [0.1, 0.15) is 24.0 Å². The number of aryl methyl sites for hydroxylation is 1. The maximum atomic E-state index is 12.9. The summed E-state index contributed by atoms with van der Waals surface area (Å²) in [5, 5.41) is 9.84. The Bertz CT molecular complexity index is 1190. The number of nitrogens with zero attached hydrogens (tertiary/aromatic N) is 1. The lowest BCUT2D eigenvalue weighted by Gasteiger charge is -2.31. The van der Waals surface area contributed by atoms with Crippen LogP contribution in [0.2, 0.25) is 0 Å². The van der Waals surface area contributed by atoms with Crippen molar-refractivity contribution in [2.75, 3.05) is 6.61 Å². The van der Waals surface area contributed by atoms with Crippen molar-refractivity contribution in [1.82, 2.24) is 0 Å². The molecule has 1 aliphatic carbocycles. The first kappa shape index (κ1) is 23.2. The van der Waals surface area contributed by atoms with Crippen LogP contribution in [-0.2, 0) is 16.1 Å². The number of benzene rings is 2. The topological polar surface area (TPSA) is 94.6 Å². The highest BCUT2D eigenvalue weighted by atomic mass is 127. The number of hydrogen-bond acceptors (Lipinski definition) is 6. The van der Waals surface area contributed by atoms with Crippen molar-refractivity contribution >= 4 is 28.4 Å². The molecular weight excluding hydrogens is 531 g/mol. The lowest BCUT2D eigenvalue weighted by Crippen LogP contribution is -2.27. The van der Waals surface area contributed by atoms with Crippen LogP contribution in [0.3, 0.4) is 0 Å². The molecule has 0 amide bonds. The van der Waals surface area contributed by atoms with Gasteiger partial charge in [-0.2, -0.15) is 5.26 Å². The lowest BCUT2D eigenvalue weighted by molar-refractivity contribution is -0.116. The Morgan fingerprint density at radius 2 is 1.97 bits per heavy atom. The predicted molar refractivity (Wildman–Crippen MR) is 132 cm³/mol. The maximum Gasteiger partial charge on any atom is 0.205 e. The van der Waals surface area contributed by atoms with E-state index in [2.05, 4.69) is 28.7 Å². The summed E-state index contributed by atoms with van der Waals surface area (Å²) in [6.07, 6.45) is 1.78. The molecule has 1 unspecified atom stereocenters. The summed E-state index contributed by atoms with van der Waals surface area (Å²) in [6.45, 7) is 4.80. The Labute approximate surface area is 207 Å². The van der Waals surface area contributed by atoms with Crippen LogP contribution in [0, 0.1) is 21.8 Å². The summed E-state index contributed by atoms with van der Waals surface area (Å²) in [4.78, 5) is 12.9. The molecule has 0 fully saturated rings. The zero-order valence-corrected chi connectivity index (χ0v) is 20.8. The van der Waals surface area contributed by atoms with E-state index in [0.717, 1.165) is 14.7 Å². The molecule has 0 saturated heterocycles. The van der Waals surface area contributed by atoms with Gasteiger partial charge in [0.25, 0.3) is 0 Å². The molecular formula is C26H25IN2O4. The van der Waals surface area contributed by atoms with E-state index in [1.54, 1.807) is 0 Å². The Balaban J connectivity index is 1.75. The number of carbonyl (C=O) groups is 1. The fourth-order valence-corrected chi connectivity index (χ4v) is 4.97. The minimum Gasteiger partial charge on any atom is -0.490 e. The molecule has 1 heterocycles. The highest BCUT2D eigenvalue weighted by molar-refractivity contribution is 14.1. The first-order valence-electron chi connectivity index (χ1n) is 10.9. The third-order valence-electron chi connectivity index (χ3n) is 5.77. The Morgan fingerprint density at radius 1 is 1.21 bits per heavy atom. The normalized spacial score (nSPS) is 17.9. The fraction of sp³-hybridized carbons (Fsp3) is 0.308. The lowest BCUT2D eigenvalue weighted by atomic mass is 9.77. The van der Waals surface area contributed by atoms with E-state index >= 15 is 0 Å². The number of ketones is 1. The molecule has 0 bridgehead atoms. The number of carbonyl (C=O) groups excluding carboxylic acids is 1. The van der Waals surface area contributed by atoms with Gasteiger partial charge in [0.2, 0.25) is 5.88 Å². The quantitative estimate of drug-likeness (QED) is 0.480. The van der Waals surface area contributed by atoms with Gasteiger partial charge in [-0.25, -0.2) is 0 Å². The summed E-state index contributed by atoms with van der Waals surface area (Å²) in [5.74, 6) is 1.25. The average molecular weight is 556 g/mol. The van der Waals surface area contributed by atoms with Gasteiger partial charge in [-0.3, -0.25) is 4.79 Å². The molecule has 33 heavy (non-hydrogen) atoms. The van der Waals surface area contributed by atoms with E-state index in [1.807, 2.05) is 50.2 Å². The van der Waals surface area contributed by atoms with Crippen LogP contribution in [0.15, 0.2) is 59.2 Å². The molecule has 170 valence electrons. The molecule has 2 N–H and O–H groups in total. The van der Waals surface area contributed by atoms with Crippen LogP contribution in [0.4, 0.5) is 0 Å². The number of halogens is 1. The standard InChI is InChI=1S/C26H25IN2O4/c1-3-31-22-12-17(11-19(27)25(22)32-14-16-9-7-15(2)8-10-16)23-18(13-28)26(29)33-21-6-4-5-20(30)24(21)23/h7-12,23H,3-6,14,29H2,1-2H3. The smallest absolute Gasteiger partial charge is 0.205 e. The summed E-state index contributed by atoms with van der Waals surface area (Å²) < 4.78 is 18.6. The van der Waals surface area contributed by atoms with Crippen molar-refractivity contribution in [2.45, 2.75) is 45.6 Å². The number of nitriles is 1. The molecule has 4 rings (SSSR count). The molecule has 0 aromatic heterocycles. The number of ether oxygens (including phenoxy) is 3. The second kappa shape index (κ2) is 9.87. The highest BCUT2D eigenvalue weighted by Crippen LogP contribution is 2.46. The van der Waals surface area contributed by atoms with Crippen molar-refractivity contribution in [3.05, 3.63) is 79.4 Å². The largest absolute Gasteiger partial charge is 0.490 e. The van der Waals surface area contributed by atoms with Gasteiger partial charge < -0.3 is 19.9 Å². The molecule has 6 nitrogen and oxygen atoms in total. The van der Waals surface area contributed by atoms with E-state index in [4.69, 9.17) is 19.9 Å². The van der Waals surface area contributed by atoms with Crippen molar-refractivity contribution in [3.63, 3.8) is 0 Å². The van der Waals surface area contributed by atoms with Crippen LogP contribution < -0.4 is 15.2 Å². The van der Waals surface area contributed by atoms with E-state index in [9.17, 15) is 10.1 Å². The van der Waals surface area contributed by atoms with Gasteiger partial charge in [-0.15, -0.1) is 0 Å². The van der Waals surface area contributed by atoms with Crippen molar-refractivity contribution in [3.8, 4) is 17.6 Å².